The van der Waals surface area contributed by atoms with E-state index in [4.69, 9.17) is 9.15 Å². The summed E-state index contributed by atoms with van der Waals surface area (Å²) in [6.07, 6.45) is 2.32. The van der Waals surface area contributed by atoms with Crippen LogP contribution in [0.15, 0.2) is 63.8 Å². The molecule has 1 aliphatic rings. The maximum absolute atomic E-state index is 12.8. The predicted octanol–water partition coefficient (Wildman–Crippen LogP) is 4.81. The highest BCUT2D eigenvalue weighted by Gasteiger charge is 2.26. The first-order valence-electron chi connectivity index (χ1n) is 10.6. The zero-order chi connectivity index (χ0) is 22.2. The van der Waals surface area contributed by atoms with Crippen molar-refractivity contribution in [2.24, 2.45) is 0 Å². The summed E-state index contributed by atoms with van der Waals surface area (Å²) in [7, 11) is 1.60. The number of nitrogens with one attached hydrogen (secondary N) is 2. The number of hydrogen-bond acceptors (Lipinski definition) is 5. The Bertz CT molecular complexity index is 1350. The number of benzene rings is 2. The van der Waals surface area contributed by atoms with E-state index in [1.165, 1.54) is 6.07 Å². The summed E-state index contributed by atoms with van der Waals surface area (Å²) in [6.45, 7) is 1.80. The van der Waals surface area contributed by atoms with E-state index >= 15 is 0 Å². The van der Waals surface area contributed by atoms with Crippen LogP contribution in [0.1, 0.15) is 42.9 Å². The molecule has 1 aliphatic carbocycles. The van der Waals surface area contributed by atoms with Gasteiger partial charge >= 0.3 is 0 Å². The molecule has 2 aromatic heterocycles. The monoisotopic (exact) mass is 429 g/mol. The van der Waals surface area contributed by atoms with Gasteiger partial charge in [-0.05, 0) is 61.7 Å². The minimum absolute atomic E-state index is 0.159. The van der Waals surface area contributed by atoms with Crippen molar-refractivity contribution in [2.45, 2.75) is 31.6 Å². The molecule has 2 N–H and O–H groups in total. The number of hydrogen-bond donors (Lipinski definition) is 2. The molecule has 0 saturated heterocycles. The molecule has 0 aliphatic heterocycles. The zero-order valence-electron chi connectivity index (χ0n) is 17.8. The molecule has 0 radical (unpaired) electrons. The van der Waals surface area contributed by atoms with Crippen LogP contribution in [0.3, 0.4) is 0 Å². The lowest BCUT2D eigenvalue weighted by Gasteiger charge is -2.12. The lowest BCUT2D eigenvalue weighted by Crippen LogP contribution is -2.19. The highest BCUT2D eigenvalue weighted by atomic mass is 16.5. The summed E-state index contributed by atoms with van der Waals surface area (Å²) >= 11 is 0. The lowest BCUT2D eigenvalue weighted by atomic mass is 9.98. The summed E-state index contributed by atoms with van der Waals surface area (Å²) < 4.78 is 11.1. The average Bonchev–Trinajstić information content (AvgIpc) is 3.57. The topological polar surface area (TPSA) is 97.2 Å². The molecule has 1 amide bonds. The Kier molecular flexibility index (Phi) is 5.01. The molecular formula is C25H23N3O4. The standard InChI is InChI=1S/C25H23N3O4/c1-14(25(30)26-24-12-20(27-28-24)15-3-4-15)17-7-10-22-19(11-17)21(29)13-23(32-22)16-5-8-18(31-2)9-6-16/h5-15H,3-4H2,1-2H3,(H2,26,27,28,30). The first-order valence-corrected chi connectivity index (χ1v) is 10.6. The molecular weight excluding hydrogens is 406 g/mol. The van der Waals surface area contributed by atoms with Gasteiger partial charge in [0.25, 0.3) is 0 Å². The number of methoxy groups -OCH3 is 1. The molecule has 7 heteroatoms. The SMILES string of the molecule is COc1ccc(-c2cc(=O)c3cc(C(C)C(=O)Nc4cc(C5CC5)[nH]n4)ccc3o2)cc1. The maximum atomic E-state index is 12.8. The Labute approximate surface area is 184 Å². The minimum atomic E-state index is -0.457. The minimum Gasteiger partial charge on any atom is -0.497 e. The number of aromatic nitrogens is 2. The highest BCUT2D eigenvalue weighted by molar-refractivity contribution is 5.95. The van der Waals surface area contributed by atoms with Crippen molar-refractivity contribution in [3.8, 4) is 17.1 Å². The molecule has 32 heavy (non-hydrogen) atoms. The Morgan fingerprint density at radius 1 is 1.16 bits per heavy atom. The quantitative estimate of drug-likeness (QED) is 0.458. The number of H-pyrrole nitrogens is 1. The molecule has 0 spiro atoms. The average molecular weight is 429 g/mol. The molecule has 0 bridgehead atoms. The first kappa shape index (κ1) is 20.1. The summed E-state index contributed by atoms with van der Waals surface area (Å²) in [5.41, 5.74) is 2.89. The van der Waals surface area contributed by atoms with Crippen LogP contribution in [-0.2, 0) is 4.79 Å². The molecule has 4 aromatic rings. The highest BCUT2D eigenvalue weighted by Crippen LogP contribution is 2.39. The van der Waals surface area contributed by atoms with E-state index in [1.807, 2.05) is 36.4 Å². The summed E-state index contributed by atoms with van der Waals surface area (Å²) in [6, 6.07) is 16.0. The fourth-order valence-electron chi connectivity index (χ4n) is 3.73. The molecule has 1 unspecified atom stereocenters. The second-order valence-corrected chi connectivity index (χ2v) is 8.15. The van der Waals surface area contributed by atoms with Crippen molar-refractivity contribution in [3.05, 3.63) is 76.1 Å². The smallest absolute Gasteiger partial charge is 0.232 e. The van der Waals surface area contributed by atoms with Gasteiger partial charge in [0.15, 0.2) is 11.2 Å². The zero-order valence-corrected chi connectivity index (χ0v) is 17.8. The molecule has 1 atom stereocenters. The van der Waals surface area contributed by atoms with Gasteiger partial charge in [-0.1, -0.05) is 6.07 Å². The van der Waals surface area contributed by atoms with Gasteiger partial charge in [0.1, 0.15) is 17.1 Å². The molecule has 7 nitrogen and oxygen atoms in total. The third-order valence-corrected chi connectivity index (χ3v) is 5.89. The number of carbonyl (C=O) groups is 1. The lowest BCUT2D eigenvalue weighted by molar-refractivity contribution is -0.117. The summed E-state index contributed by atoms with van der Waals surface area (Å²) in [5.74, 6) is 1.63. The van der Waals surface area contributed by atoms with Crippen molar-refractivity contribution in [2.75, 3.05) is 12.4 Å². The predicted molar refractivity (Wildman–Crippen MR) is 122 cm³/mol. The normalized spacial score (nSPS) is 14.3. The van der Waals surface area contributed by atoms with Crippen LogP contribution >= 0.6 is 0 Å². The van der Waals surface area contributed by atoms with Crippen LogP contribution in [0.5, 0.6) is 5.75 Å². The second kappa shape index (κ2) is 8.00. The van der Waals surface area contributed by atoms with Gasteiger partial charge in [0.05, 0.1) is 18.4 Å². The third kappa shape index (κ3) is 3.89. The number of ether oxygens (including phenoxy) is 1. The van der Waals surface area contributed by atoms with Gasteiger partial charge in [-0.3, -0.25) is 14.7 Å². The fraction of sp³-hybridized carbons (Fsp3) is 0.240. The molecule has 1 saturated carbocycles. The van der Waals surface area contributed by atoms with Gasteiger partial charge in [0, 0.05) is 29.3 Å². The fourth-order valence-corrected chi connectivity index (χ4v) is 3.73. The molecule has 1 fully saturated rings. The maximum Gasteiger partial charge on any atom is 0.232 e. The van der Waals surface area contributed by atoms with Crippen LogP contribution in [0.25, 0.3) is 22.3 Å². The van der Waals surface area contributed by atoms with Crippen LogP contribution in [0, 0.1) is 0 Å². The van der Waals surface area contributed by atoms with Crippen molar-refractivity contribution >= 4 is 22.7 Å². The number of anilines is 1. The van der Waals surface area contributed by atoms with Gasteiger partial charge in [-0.2, -0.15) is 5.10 Å². The summed E-state index contributed by atoms with van der Waals surface area (Å²) in [5, 5.41) is 10.5. The second-order valence-electron chi connectivity index (χ2n) is 8.15. The van der Waals surface area contributed by atoms with E-state index in [0.29, 0.717) is 28.5 Å². The number of fused-ring (bicyclic) bond motifs is 1. The van der Waals surface area contributed by atoms with Crippen LogP contribution in [0.2, 0.25) is 0 Å². The Hall–Kier alpha value is -3.87. The molecule has 5 rings (SSSR count). The number of carbonyl (C=O) groups excluding carboxylic acids is 1. The third-order valence-electron chi connectivity index (χ3n) is 5.89. The van der Waals surface area contributed by atoms with E-state index in [1.54, 1.807) is 26.2 Å². The van der Waals surface area contributed by atoms with Crippen molar-refractivity contribution in [1.29, 1.82) is 0 Å². The van der Waals surface area contributed by atoms with Crippen molar-refractivity contribution in [3.63, 3.8) is 0 Å². The number of aromatic amines is 1. The Morgan fingerprint density at radius 2 is 1.94 bits per heavy atom. The number of nitrogens with zero attached hydrogens (tertiary/aromatic N) is 1. The van der Waals surface area contributed by atoms with Gasteiger partial charge in [-0.25, -0.2) is 0 Å². The molecule has 2 aromatic carbocycles. The van der Waals surface area contributed by atoms with Crippen molar-refractivity contribution < 1.29 is 13.9 Å². The molecule has 162 valence electrons. The molecule has 2 heterocycles. The van der Waals surface area contributed by atoms with E-state index < -0.39 is 5.92 Å². The largest absolute Gasteiger partial charge is 0.497 e. The van der Waals surface area contributed by atoms with E-state index in [-0.39, 0.29) is 11.3 Å². The van der Waals surface area contributed by atoms with E-state index in [2.05, 4.69) is 15.5 Å². The van der Waals surface area contributed by atoms with E-state index in [9.17, 15) is 9.59 Å². The van der Waals surface area contributed by atoms with E-state index in [0.717, 1.165) is 35.4 Å². The van der Waals surface area contributed by atoms with Gasteiger partial charge in [-0.15, -0.1) is 0 Å². The number of rotatable bonds is 6. The van der Waals surface area contributed by atoms with Crippen molar-refractivity contribution in [1.82, 2.24) is 10.2 Å². The van der Waals surface area contributed by atoms with Gasteiger partial charge < -0.3 is 14.5 Å². The Morgan fingerprint density at radius 3 is 2.66 bits per heavy atom. The van der Waals surface area contributed by atoms with Crippen LogP contribution < -0.4 is 15.5 Å². The van der Waals surface area contributed by atoms with Crippen LogP contribution in [0.4, 0.5) is 5.82 Å². The van der Waals surface area contributed by atoms with Gasteiger partial charge in [0.2, 0.25) is 5.91 Å². The Balaban J connectivity index is 1.38. The van der Waals surface area contributed by atoms with Crippen LogP contribution in [-0.4, -0.2) is 23.2 Å². The first-order chi connectivity index (χ1) is 15.5. The summed E-state index contributed by atoms with van der Waals surface area (Å²) in [4.78, 5) is 25.5. The number of amides is 1.